The minimum Gasteiger partial charge on any atom is -0.507 e. The fourth-order valence-electron chi connectivity index (χ4n) is 7.55. The number of phenolic OH excluding ortho intramolecular Hbond substituents is 1. The van der Waals surface area contributed by atoms with Gasteiger partial charge in [-0.25, -0.2) is 0 Å². The number of hydrogen-bond acceptors (Lipinski definition) is 1. The first kappa shape index (κ1) is 26.5. The van der Waals surface area contributed by atoms with Crippen molar-refractivity contribution >= 4 is 21.5 Å². The molecule has 0 aromatic heterocycles. The maximum absolute atomic E-state index is 11.0. The van der Waals surface area contributed by atoms with Gasteiger partial charge in [-0.2, -0.15) is 0 Å². The molecule has 1 N–H and O–H groups in total. The molecule has 46 heavy (non-hydrogen) atoms. The van der Waals surface area contributed by atoms with Gasteiger partial charge in [0.1, 0.15) is 5.75 Å². The number of fused-ring (bicyclic) bond motifs is 5. The van der Waals surface area contributed by atoms with Crippen molar-refractivity contribution in [3.8, 4) is 61.4 Å². The summed E-state index contributed by atoms with van der Waals surface area (Å²) in [4.78, 5) is 0. The predicted molar refractivity (Wildman–Crippen MR) is 193 cm³/mol. The van der Waals surface area contributed by atoms with E-state index in [2.05, 4.69) is 140 Å². The van der Waals surface area contributed by atoms with Crippen molar-refractivity contribution < 1.29 is 5.11 Å². The normalized spacial score (nSPS) is 11.9. The first-order valence-corrected chi connectivity index (χ1v) is 15.9. The van der Waals surface area contributed by atoms with Crippen LogP contribution in [-0.4, -0.2) is 5.11 Å². The van der Waals surface area contributed by atoms with E-state index in [4.69, 9.17) is 0 Å². The van der Waals surface area contributed by atoms with Gasteiger partial charge in [0.25, 0.3) is 0 Å². The predicted octanol–water partition coefficient (Wildman–Crippen LogP) is 11.9. The van der Waals surface area contributed by atoms with E-state index in [9.17, 15) is 5.11 Å². The number of rotatable bonds is 4. The third kappa shape index (κ3) is 4.17. The Bertz CT molecular complexity index is 2440. The molecule has 1 nitrogen and oxygen atoms in total. The van der Waals surface area contributed by atoms with Crippen molar-refractivity contribution in [2.45, 2.75) is 6.42 Å². The number of aromatic hydroxyl groups is 1. The summed E-state index contributed by atoms with van der Waals surface area (Å²) in [6, 6.07) is 58.2. The smallest absolute Gasteiger partial charge is 0.123 e. The van der Waals surface area contributed by atoms with Crippen LogP contribution in [-0.2, 0) is 6.42 Å². The van der Waals surface area contributed by atoms with E-state index in [0.29, 0.717) is 0 Å². The van der Waals surface area contributed by atoms with Crippen LogP contribution in [0.15, 0.2) is 164 Å². The molecule has 0 aliphatic heterocycles. The summed E-state index contributed by atoms with van der Waals surface area (Å²) in [5.74, 6) is 0.287. The van der Waals surface area contributed by atoms with Crippen LogP contribution in [0.5, 0.6) is 5.75 Å². The molecule has 0 radical (unpaired) electrons. The molecule has 9 rings (SSSR count). The summed E-state index contributed by atoms with van der Waals surface area (Å²) in [6.07, 6.45) is 0.847. The average molecular weight is 587 g/mol. The number of phenols is 1. The molecule has 0 amide bonds. The van der Waals surface area contributed by atoms with Gasteiger partial charge in [0, 0.05) is 5.56 Å². The van der Waals surface area contributed by atoms with E-state index < -0.39 is 0 Å². The fraction of sp³-hybridized carbons (Fsp3) is 0.0222. The third-order valence-corrected chi connectivity index (χ3v) is 9.66. The van der Waals surface area contributed by atoms with E-state index >= 15 is 0 Å². The van der Waals surface area contributed by atoms with E-state index in [1.54, 1.807) is 0 Å². The van der Waals surface area contributed by atoms with Gasteiger partial charge in [-0.05, 0) is 101 Å². The highest BCUT2D eigenvalue weighted by molar-refractivity contribution is 6.06. The van der Waals surface area contributed by atoms with E-state index in [0.717, 1.165) is 23.1 Å². The quantitative estimate of drug-likeness (QED) is 0.217. The Hall–Kier alpha value is -5.92. The largest absolute Gasteiger partial charge is 0.507 e. The molecule has 0 atom stereocenters. The summed E-state index contributed by atoms with van der Waals surface area (Å²) in [5.41, 5.74) is 14.5. The van der Waals surface area contributed by atoms with E-state index in [-0.39, 0.29) is 5.75 Å². The maximum Gasteiger partial charge on any atom is 0.123 e. The molecule has 0 fully saturated rings. The fourth-order valence-corrected chi connectivity index (χ4v) is 7.55. The molecule has 1 aliphatic rings. The molecule has 0 spiro atoms. The van der Waals surface area contributed by atoms with Crippen LogP contribution in [0, 0.1) is 0 Å². The second-order valence-corrected chi connectivity index (χ2v) is 12.2. The van der Waals surface area contributed by atoms with Gasteiger partial charge >= 0.3 is 0 Å². The van der Waals surface area contributed by atoms with Crippen molar-refractivity contribution in [2.75, 3.05) is 0 Å². The zero-order valence-electron chi connectivity index (χ0n) is 25.2. The van der Waals surface area contributed by atoms with Gasteiger partial charge in [0.05, 0.1) is 0 Å². The van der Waals surface area contributed by atoms with Crippen molar-refractivity contribution in [3.05, 3.63) is 175 Å². The van der Waals surface area contributed by atoms with Crippen LogP contribution in [0.25, 0.3) is 77.2 Å². The minimum absolute atomic E-state index is 0.287. The monoisotopic (exact) mass is 586 g/mol. The average Bonchev–Trinajstić information content (AvgIpc) is 3.50. The molecule has 8 aromatic carbocycles. The Balaban J connectivity index is 1.30. The Morgan fingerprint density at radius 2 is 0.891 bits per heavy atom. The number of benzene rings is 8. The molecule has 1 aliphatic carbocycles. The molecule has 0 heterocycles. The lowest BCUT2D eigenvalue weighted by molar-refractivity contribution is 0.477. The first-order valence-electron chi connectivity index (χ1n) is 15.9. The molecule has 0 bridgehead atoms. The Labute approximate surface area is 268 Å². The van der Waals surface area contributed by atoms with Crippen LogP contribution in [0.2, 0.25) is 0 Å². The van der Waals surface area contributed by atoms with Gasteiger partial charge in [-0.15, -0.1) is 0 Å². The summed E-state index contributed by atoms with van der Waals surface area (Å²) in [5, 5.41) is 16.0. The van der Waals surface area contributed by atoms with Crippen molar-refractivity contribution in [1.82, 2.24) is 0 Å². The molecular weight excluding hydrogens is 556 g/mol. The molecule has 1 heteroatoms. The van der Waals surface area contributed by atoms with Gasteiger partial charge in [0.15, 0.2) is 0 Å². The molecule has 8 aromatic rings. The van der Waals surface area contributed by atoms with Crippen molar-refractivity contribution in [1.29, 1.82) is 0 Å². The third-order valence-electron chi connectivity index (χ3n) is 9.66. The van der Waals surface area contributed by atoms with Crippen LogP contribution in [0.3, 0.4) is 0 Å². The zero-order chi connectivity index (χ0) is 30.6. The Morgan fingerprint density at radius 1 is 0.348 bits per heavy atom. The van der Waals surface area contributed by atoms with Gasteiger partial charge < -0.3 is 5.11 Å². The Morgan fingerprint density at radius 3 is 1.65 bits per heavy atom. The second kappa shape index (κ2) is 10.6. The summed E-state index contributed by atoms with van der Waals surface area (Å²) >= 11 is 0. The maximum atomic E-state index is 11.0. The standard InChI is InChI=1S/C45H30O/c46-44-26-23-32(27-41(44)31-11-2-1-3-12-31)35-24-25-39-38-21-10-20-37(36-19-8-15-29-13-4-6-17-33(29)36)42(38)28-43(39)45(35)40-22-9-16-30-14-5-7-18-34(30)40/h1-27,46H,28H2. The highest BCUT2D eigenvalue weighted by atomic mass is 16.3. The summed E-state index contributed by atoms with van der Waals surface area (Å²) < 4.78 is 0. The minimum atomic E-state index is 0.287. The van der Waals surface area contributed by atoms with Gasteiger partial charge in [-0.1, -0.05) is 152 Å². The molecule has 216 valence electrons. The van der Waals surface area contributed by atoms with Gasteiger partial charge in [0.2, 0.25) is 0 Å². The highest BCUT2D eigenvalue weighted by Gasteiger charge is 2.28. The lowest BCUT2D eigenvalue weighted by atomic mass is 9.85. The van der Waals surface area contributed by atoms with Crippen molar-refractivity contribution in [2.24, 2.45) is 0 Å². The molecular formula is C45H30O. The van der Waals surface area contributed by atoms with Crippen LogP contribution in [0.4, 0.5) is 0 Å². The van der Waals surface area contributed by atoms with Crippen LogP contribution < -0.4 is 0 Å². The van der Waals surface area contributed by atoms with E-state index in [1.165, 1.54) is 71.6 Å². The molecule has 0 unspecified atom stereocenters. The summed E-state index contributed by atoms with van der Waals surface area (Å²) in [7, 11) is 0. The topological polar surface area (TPSA) is 20.2 Å². The highest BCUT2D eigenvalue weighted by Crippen LogP contribution is 2.50. The first-order chi connectivity index (χ1) is 22.7. The molecule has 0 saturated carbocycles. The van der Waals surface area contributed by atoms with E-state index in [1.807, 2.05) is 24.3 Å². The van der Waals surface area contributed by atoms with Gasteiger partial charge in [-0.3, -0.25) is 0 Å². The number of hydrogen-bond donors (Lipinski definition) is 1. The lowest BCUT2D eigenvalue weighted by Gasteiger charge is -2.18. The SMILES string of the molecule is Oc1ccc(-c2ccc3c(c2-c2cccc4ccccc24)Cc2c-3cccc2-c2cccc3ccccc23)cc1-c1ccccc1. The Kier molecular flexibility index (Phi) is 6.11. The molecule has 0 saturated heterocycles. The zero-order valence-corrected chi connectivity index (χ0v) is 25.2. The lowest BCUT2D eigenvalue weighted by Crippen LogP contribution is -1.95. The van der Waals surface area contributed by atoms with Crippen molar-refractivity contribution in [3.63, 3.8) is 0 Å². The van der Waals surface area contributed by atoms with Crippen LogP contribution >= 0.6 is 0 Å². The summed E-state index contributed by atoms with van der Waals surface area (Å²) in [6.45, 7) is 0. The second-order valence-electron chi connectivity index (χ2n) is 12.2. The van der Waals surface area contributed by atoms with Crippen LogP contribution in [0.1, 0.15) is 11.1 Å².